The van der Waals surface area contributed by atoms with Gasteiger partial charge in [-0.2, -0.15) is 0 Å². The third-order valence-electron chi connectivity index (χ3n) is 2.31. The number of ether oxygens (including phenoxy) is 1. The molecule has 0 atom stereocenters. The number of anilines is 1. The molecule has 1 amide bonds. The Morgan fingerprint density at radius 2 is 2.11 bits per heavy atom. The number of carboxylic acids is 1. The average Bonchev–Trinajstić information content (AvgIpc) is 2.32. The second kappa shape index (κ2) is 7.35. The number of carbonyl (C=O) groups is 2. The van der Waals surface area contributed by atoms with E-state index in [0.717, 1.165) is 0 Å². The molecular formula is C13H16FNO4. The Morgan fingerprint density at radius 1 is 1.37 bits per heavy atom. The number of hydrogen-bond acceptors (Lipinski definition) is 3. The van der Waals surface area contributed by atoms with Gasteiger partial charge in [-0.3, -0.25) is 9.59 Å². The molecule has 104 valence electrons. The molecule has 0 fully saturated rings. The van der Waals surface area contributed by atoms with E-state index >= 15 is 0 Å². The van der Waals surface area contributed by atoms with Crippen molar-refractivity contribution in [1.82, 2.24) is 0 Å². The van der Waals surface area contributed by atoms with Gasteiger partial charge in [0.15, 0.2) is 11.6 Å². The van der Waals surface area contributed by atoms with Crippen molar-refractivity contribution in [3.8, 4) is 5.75 Å². The second-order valence-electron chi connectivity index (χ2n) is 3.87. The van der Waals surface area contributed by atoms with Gasteiger partial charge in [-0.1, -0.05) is 0 Å². The molecule has 0 unspecified atom stereocenters. The van der Waals surface area contributed by atoms with E-state index in [1.54, 1.807) is 6.92 Å². The zero-order chi connectivity index (χ0) is 14.3. The zero-order valence-electron chi connectivity index (χ0n) is 10.6. The summed E-state index contributed by atoms with van der Waals surface area (Å²) >= 11 is 0. The zero-order valence-corrected chi connectivity index (χ0v) is 10.6. The third kappa shape index (κ3) is 5.37. The number of halogens is 1. The number of nitrogens with one attached hydrogen (secondary N) is 1. The number of aliphatic carboxylic acids is 1. The van der Waals surface area contributed by atoms with Gasteiger partial charge in [-0.05, 0) is 25.5 Å². The Labute approximate surface area is 110 Å². The van der Waals surface area contributed by atoms with Crippen molar-refractivity contribution in [3.63, 3.8) is 0 Å². The highest BCUT2D eigenvalue weighted by atomic mass is 19.1. The topological polar surface area (TPSA) is 75.6 Å². The Hall–Kier alpha value is -2.11. The van der Waals surface area contributed by atoms with Crippen LogP contribution in [0.25, 0.3) is 0 Å². The van der Waals surface area contributed by atoms with Crippen LogP contribution >= 0.6 is 0 Å². The SMILES string of the molecule is CCOc1ccc(NC(=O)CCCC(=O)O)cc1F. The minimum absolute atomic E-state index is 0.0644. The van der Waals surface area contributed by atoms with E-state index < -0.39 is 11.8 Å². The molecular weight excluding hydrogens is 253 g/mol. The Balaban J connectivity index is 2.50. The molecule has 0 heterocycles. The minimum Gasteiger partial charge on any atom is -0.491 e. The Morgan fingerprint density at radius 3 is 2.68 bits per heavy atom. The normalized spacial score (nSPS) is 10.0. The van der Waals surface area contributed by atoms with E-state index in [9.17, 15) is 14.0 Å². The van der Waals surface area contributed by atoms with Gasteiger partial charge in [0.25, 0.3) is 0 Å². The quantitative estimate of drug-likeness (QED) is 0.797. The molecule has 5 nitrogen and oxygen atoms in total. The summed E-state index contributed by atoms with van der Waals surface area (Å²) in [7, 11) is 0. The van der Waals surface area contributed by atoms with Crippen molar-refractivity contribution < 1.29 is 23.8 Å². The number of benzene rings is 1. The average molecular weight is 269 g/mol. The molecule has 0 aromatic heterocycles. The molecule has 0 radical (unpaired) electrons. The third-order valence-corrected chi connectivity index (χ3v) is 2.31. The minimum atomic E-state index is -0.945. The summed E-state index contributed by atoms with van der Waals surface area (Å²) in [5, 5.41) is 10.9. The number of hydrogen-bond donors (Lipinski definition) is 2. The van der Waals surface area contributed by atoms with Crippen LogP contribution in [0.4, 0.5) is 10.1 Å². The number of rotatable bonds is 7. The first-order chi connectivity index (χ1) is 9.02. The first-order valence-electron chi connectivity index (χ1n) is 5.97. The fourth-order valence-corrected chi connectivity index (χ4v) is 1.47. The predicted molar refractivity (Wildman–Crippen MR) is 67.7 cm³/mol. The van der Waals surface area contributed by atoms with E-state index in [4.69, 9.17) is 9.84 Å². The molecule has 1 aromatic rings. The molecule has 0 aliphatic carbocycles. The molecule has 0 bridgehead atoms. The number of carbonyl (C=O) groups excluding carboxylic acids is 1. The van der Waals surface area contributed by atoms with Crippen LogP contribution in [0.5, 0.6) is 5.75 Å². The summed E-state index contributed by atoms with van der Waals surface area (Å²) < 4.78 is 18.5. The van der Waals surface area contributed by atoms with Gasteiger partial charge in [0, 0.05) is 24.6 Å². The lowest BCUT2D eigenvalue weighted by molar-refractivity contribution is -0.137. The van der Waals surface area contributed by atoms with Crippen LogP contribution in [0.2, 0.25) is 0 Å². The van der Waals surface area contributed by atoms with Gasteiger partial charge in [0.2, 0.25) is 5.91 Å². The summed E-state index contributed by atoms with van der Waals surface area (Å²) in [5.74, 6) is -1.71. The van der Waals surface area contributed by atoms with Crippen molar-refractivity contribution in [1.29, 1.82) is 0 Å². The molecule has 1 rings (SSSR count). The monoisotopic (exact) mass is 269 g/mol. The van der Waals surface area contributed by atoms with Crippen LogP contribution in [-0.2, 0) is 9.59 Å². The van der Waals surface area contributed by atoms with Crippen molar-refractivity contribution in [2.75, 3.05) is 11.9 Å². The van der Waals surface area contributed by atoms with Gasteiger partial charge in [-0.25, -0.2) is 4.39 Å². The molecule has 0 spiro atoms. The van der Waals surface area contributed by atoms with Crippen LogP contribution in [0.15, 0.2) is 18.2 Å². The summed E-state index contributed by atoms with van der Waals surface area (Å²) in [6.45, 7) is 2.11. The highest BCUT2D eigenvalue weighted by molar-refractivity contribution is 5.90. The van der Waals surface area contributed by atoms with Crippen LogP contribution in [0.1, 0.15) is 26.2 Å². The van der Waals surface area contributed by atoms with Gasteiger partial charge in [0.1, 0.15) is 0 Å². The van der Waals surface area contributed by atoms with E-state index in [-0.39, 0.29) is 30.9 Å². The lowest BCUT2D eigenvalue weighted by Gasteiger charge is -2.08. The van der Waals surface area contributed by atoms with Crippen molar-refractivity contribution in [2.45, 2.75) is 26.2 Å². The van der Waals surface area contributed by atoms with E-state index in [1.807, 2.05) is 0 Å². The van der Waals surface area contributed by atoms with Crippen LogP contribution in [-0.4, -0.2) is 23.6 Å². The largest absolute Gasteiger partial charge is 0.491 e. The first kappa shape index (κ1) is 14.9. The van der Waals surface area contributed by atoms with Crippen molar-refractivity contribution in [2.24, 2.45) is 0 Å². The first-order valence-corrected chi connectivity index (χ1v) is 5.97. The van der Waals surface area contributed by atoms with E-state index in [0.29, 0.717) is 12.3 Å². The highest BCUT2D eigenvalue weighted by Gasteiger charge is 2.08. The maximum absolute atomic E-state index is 13.5. The van der Waals surface area contributed by atoms with E-state index in [2.05, 4.69) is 5.32 Å². The Kier molecular flexibility index (Phi) is 5.78. The van der Waals surface area contributed by atoms with Gasteiger partial charge < -0.3 is 15.2 Å². The molecule has 19 heavy (non-hydrogen) atoms. The Bertz CT molecular complexity index is 462. The standard InChI is InChI=1S/C13H16FNO4/c1-2-19-11-7-6-9(8-10(11)14)15-12(16)4-3-5-13(17)18/h6-8H,2-5H2,1H3,(H,15,16)(H,17,18). The molecule has 0 saturated carbocycles. The van der Waals surface area contributed by atoms with Crippen LogP contribution < -0.4 is 10.1 Å². The highest BCUT2D eigenvalue weighted by Crippen LogP contribution is 2.21. The van der Waals surface area contributed by atoms with Crippen LogP contribution in [0, 0.1) is 5.82 Å². The fraction of sp³-hybridized carbons (Fsp3) is 0.385. The van der Waals surface area contributed by atoms with Crippen LogP contribution in [0.3, 0.4) is 0 Å². The van der Waals surface area contributed by atoms with Crippen molar-refractivity contribution >= 4 is 17.6 Å². The maximum atomic E-state index is 13.5. The summed E-state index contributed by atoms with van der Waals surface area (Å²) in [5.41, 5.74) is 0.321. The molecule has 0 saturated heterocycles. The lowest BCUT2D eigenvalue weighted by atomic mass is 10.2. The van der Waals surface area contributed by atoms with Gasteiger partial charge in [-0.15, -0.1) is 0 Å². The summed E-state index contributed by atoms with van der Waals surface area (Å²) in [4.78, 5) is 21.7. The van der Waals surface area contributed by atoms with Gasteiger partial charge in [0.05, 0.1) is 6.61 Å². The van der Waals surface area contributed by atoms with Crippen molar-refractivity contribution in [3.05, 3.63) is 24.0 Å². The maximum Gasteiger partial charge on any atom is 0.303 e. The molecule has 0 aliphatic rings. The van der Waals surface area contributed by atoms with E-state index in [1.165, 1.54) is 18.2 Å². The summed E-state index contributed by atoms with van der Waals surface area (Å²) in [6.07, 6.45) is 0.271. The summed E-state index contributed by atoms with van der Waals surface area (Å²) in [6, 6.07) is 4.13. The second-order valence-corrected chi connectivity index (χ2v) is 3.87. The number of amides is 1. The lowest BCUT2D eigenvalue weighted by Crippen LogP contribution is -2.12. The predicted octanol–water partition coefficient (Wildman–Crippen LogP) is 2.42. The smallest absolute Gasteiger partial charge is 0.303 e. The van der Waals surface area contributed by atoms with Gasteiger partial charge >= 0.3 is 5.97 Å². The molecule has 0 aliphatic heterocycles. The molecule has 2 N–H and O–H groups in total. The number of carboxylic acid groups (broad SMARTS) is 1. The molecule has 6 heteroatoms. The molecule has 1 aromatic carbocycles. The fourth-order valence-electron chi connectivity index (χ4n) is 1.47.